The molecule has 0 aromatic carbocycles. The highest BCUT2D eigenvalue weighted by Gasteiger charge is 2.38. The Bertz CT molecular complexity index is 1610. The van der Waals surface area contributed by atoms with Crippen molar-refractivity contribution >= 4 is 35.4 Å². The minimum Gasteiger partial charge on any atom is -0.447 e. The Kier molecular flexibility index (Phi) is 16.8. The molecular weight excluding hydrogens is 686 g/mol. The zero-order valence-corrected chi connectivity index (χ0v) is 33.6. The fraction of sp³-hybridized carbons (Fsp3) is 0.595. The standard InChI is InChI=1S/C42H61N5O7/c1-25(2)23-33(45-42(53)54-27(5)6)20-19-31(24-32-15-12-13-21-43-32)41(52)47-22-14-18-36(47)40(51)46-35(39(50)44-26(3)4)17-11-10-16-34-30(9)37(48)28(7)29(8)38(34)49/h12-13,15,19-21,25-27,31,33,35-36H,10-11,14,16-18,22-24H2,1-9H3,(H,44,50)(H,45,53)(H,46,51)/b20-19+/t31-,33-,35+,36+/m1/s1. The monoisotopic (exact) mass is 747 g/mol. The highest BCUT2D eigenvalue weighted by Crippen LogP contribution is 2.28. The number of allylic oxidation sites excluding steroid dienone is 4. The lowest BCUT2D eigenvalue weighted by Crippen LogP contribution is -2.54. The molecule has 1 aromatic rings. The summed E-state index contributed by atoms with van der Waals surface area (Å²) in [4.78, 5) is 85.7. The molecule has 0 radical (unpaired) electrons. The van der Waals surface area contributed by atoms with E-state index in [0.717, 1.165) is 0 Å². The number of unbranched alkanes of at least 4 members (excludes halogenated alkanes) is 1. The molecule has 2 heterocycles. The van der Waals surface area contributed by atoms with Crippen molar-refractivity contribution in [2.75, 3.05) is 6.54 Å². The van der Waals surface area contributed by atoms with Crippen molar-refractivity contribution in [3.8, 4) is 0 Å². The number of likely N-dealkylation sites (tertiary alicyclic amines) is 1. The first kappa shape index (κ1) is 43.8. The SMILES string of the molecule is CC1=C(C)C(=O)C(CCCC[C@H](NC(=O)[C@@H]2CCCN2C(=O)[C@H](/C=C/[C@H](CC(C)C)NC(=O)OC(C)C)Cc2ccccn2)C(=O)NC(C)C)=C(C)C1=O. The molecule has 1 saturated heterocycles. The summed E-state index contributed by atoms with van der Waals surface area (Å²) in [5.41, 5.74) is 2.63. The van der Waals surface area contributed by atoms with Crippen LogP contribution in [0, 0.1) is 11.8 Å². The third-order valence-corrected chi connectivity index (χ3v) is 9.80. The van der Waals surface area contributed by atoms with Crippen LogP contribution in [0.4, 0.5) is 4.79 Å². The van der Waals surface area contributed by atoms with Crippen molar-refractivity contribution < 1.29 is 33.5 Å². The van der Waals surface area contributed by atoms with Gasteiger partial charge in [-0.15, -0.1) is 0 Å². The molecule has 0 spiro atoms. The second-order valence-corrected chi connectivity index (χ2v) is 15.5. The van der Waals surface area contributed by atoms with Gasteiger partial charge in [-0.2, -0.15) is 0 Å². The number of aromatic nitrogens is 1. The van der Waals surface area contributed by atoms with Crippen molar-refractivity contribution in [2.45, 2.75) is 144 Å². The number of pyridine rings is 1. The number of carbonyl (C=O) groups excluding carboxylic acids is 6. The molecule has 1 aliphatic carbocycles. The summed E-state index contributed by atoms with van der Waals surface area (Å²) in [6.45, 7) is 16.7. The minimum atomic E-state index is -0.849. The van der Waals surface area contributed by atoms with Crippen LogP contribution < -0.4 is 16.0 Å². The third kappa shape index (κ3) is 12.8. The molecule has 1 aliphatic heterocycles. The minimum absolute atomic E-state index is 0.115. The van der Waals surface area contributed by atoms with Crippen LogP contribution in [0.3, 0.4) is 0 Å². The van der Waals surface area contributed by atoms with Crippen LogP contribution in [0.2, 0.25) is 0 Å². The van der Waals surface area contributed by atoms with Crippen molar-refractivity contribution in [3.63, 3.8) is 0 Å². The average molecular weight is 748 g/mol. The first-order valence-corrected chi connectivity index (χ1v) is 19.4. The maximum Gasteiger partial charge on any atom is 0.407 e. The van der Waals surface area contributed by atoms with Crippen LogP contribution in [0.1, 0.15) is 113 Å². The molecule has 3 rings (SSSR count). The average Bonchev–Trinajstić information content (AvgIpc) is 3.60. The lowest BCUT2D eigenvalue weighted by atomic mass is 9.84. The molecule has 12 heteroatoms. The Morgan fingerprint density at radius 1 is 0.907 bits per heavy atom. The van der Waals surface area contributed by atoms with Crippen molar-refractivity contribution in [2.24, 2.45) is 11.8 Å². The number of rotatable bonds is 18. The van der Waals surface area contributed by atoms with Crippen molar-refractivity contribution in [1.29, 1.82) is 0 Å². The van der Waals surface area contributed by atoms with E-state index in [0.29, 0.717) is 85.9 Å². The number of ketones is 2. The lowest BCUT2D eigenvalue weighted by Gasteiger charge is -2.29. The van der Waals surface area contributed by atoms with E-state index < -0.39 is 30.0 Å². The predicted octanol–water partition coefficient (Wildman–Crippen LogP) is 5.71. The van der Waals surface area contributed by atoms with Crippen molar-refractivity contribution in [3.05, 3.63) is 64.5 Å². The Morgan fingerprint density at radius 3 is 2.24 bits per heavy atom. The molecule has 296 valence electrons. The van der Waals surface area contributed by atoms with E-state index in [1.54, 1.807) is 57.9 Å². The van der Waals surface area contributed by atoms with E-state index in [9.17, 15) is 28.8 Å². The number of ether oxygens (including phenoxy) is 1. The van der Waals surface area contributed by atoms with Gasteiger partial charge in [0.2, 0.25) is 17.7 Å². The summed E-state index contributed by atoms with van der Waals surface area (Å²) in [6.07, 6.45) is 8.28. The number of carbonyl (C=O) groups is 6. The number of hydrogen-bond acceptors (Lipinski definition) is 8. The number of nitrogens with zero attached hydrogens (tertiary/aromatic N) is 2. The molecule has 1 aromatic heterocycles. The zero-order chi connectivity index (χ0) is 40.1. The number of nitrogens with one attached hydrogen (secondary N) is 3. The summed E-state index contributed by atoms with van der Waals surface area (Å²) in [5.74, 6) is -1.60. The van der Waals surface area contributed by atoms with E-state index in [1.807, 2.05) is 45.9 Å². The van der Waals surface area contributed by atoms with Crippen LogP contribution in [0.5, 0.6) is 0 Å². The third-order valence-electron chi connectivity index (χ3n) is 9.80. The normalized spacial score (nSPS) is 18.1. The smallest absolute Gasteiger partial charge is 0.407 e. The largest absolute Gasteiger partial charge is 0.447 e. The summed E-state index contributed by atoms with van der Waals surface area (Å²) in [5, 5.41) is 8.75. The number of hydrogen-bond donors (Lipinski definition) is 3. The number of Topliss-reactive ketones (excluding diaryl/α,β-unsaturated/α-hetero) is 2. The molecule has 54 heavy (non-hydrogen) atoms. The molecule has 1 fully saturated rings. The van der Waals surface area contributed by atoms with Gasteiger partial charge in [-0.1, -0.05) is 38.5 Å². The molecule has 4 amide bonds. The molecule has 2 aliphatic rings. The Hall–Kier alpha value is -4.61. The van der Waals surface area contributed by atoms with Gasteiger partial charge >= 0.3 is 6.09 Å². The fourth-order valence-corrected chi connectivity index (χ4v) is 6.89. The maximum atomic E-state index is 14.3. The van der Waals surface area contributed by atoms with E-state index in [2.05, 4.69) is 20.9 Å². The van der Waals surface area contributed by atoms with Gasteiger partial charge in [0.15, 0.2) is 11.6 Å². The Labute approximate surface area is 321 Å². The van der Waals surface area contributed by atoms with Gasteiger partial charge in [0.05, 0.1) is 18.1 Å². The fourth-order valence-electron chi connectivity index (χ4n) is 6.89. The summed E-state index contributed by atoms with van der Waals surface area (Å²) < 4.78 is 5.31. The van der Waals surface area contributed by atoms with Gasteiger partial charge in [-0.25, -0.2) is 4.79 Å². The van der Waals surface area contributed by atoms with Gasteiger partial charge in [0, 0.05) is 53.2 Å². The zero-order valence-electron chi connectivity index (χ0n) is 33.6. The van der Waals surface area contributed by atoms with Gasteiger partial charge in [-0.05, 0) is 105 Å². The Morgan fingerprint density at radius 2 is 1.61 bits per heavy atom. The van der Waals surface area contributed by atoms with Gasteiger partial charge in [0.1, 0.15) is 12.1 Å². The highest BCUT2D eigenvalue weighted by molar-refractivity contribution is 6.24. The molecule has 4 atom stereocenters. The molecule has 12 nitrogen and oxygen atoms in total. The molecule has 3 N–H and O–H groups in total. The second-order valence-electron chi connectivity index (χ2n) is 15.5. The van der Waals surface area contributed by atoms with Gasteiger partial charge < -0.3 is 25.6 Å². The van der Waals surface area contributed by atoms with Crippen LogP contribution >= 0.6 is 0 Å². The topological polar surface area (TPSA) is 164 Å². The second kappa shape index (κ2) is 20.7. The lowest BCUT2D eigenvalue weighted by molar-refractivity contribution is -0.141. The summed E-state index contributed by atoms with van der Waals surface area (Å²) in [7, 11) is 0. The van der Waals surface area contributed by atoms with E-state index in [1.165, 1.54) is 0 Å². The van der Waals surface area contributed by atoms with Crippen molar-refractivity contribution in [1.82, 2.24) is 25.8 Å². The van der Waals surface area contributed by atoms with Crippen LogP contribution in [-0.4, -0.2) is 82.1 Å². The van der Waals surface area contributed by atoms with Crippen LogP contribution in [-0.2, 0) is 35.1 Å². The molecule has 0 saturated carbocycles. The highest BCUT2D eigenvalue weighted by atomic mass is 16.6. The Balaban J connectivity index is 1.78. The summed E-state index contributed by atoms with van der Waals surface area (Å²) in [6, 6.07) is 3.36. The predicted molar refractivity (Wildman–Crippen MR) is 208 cm³/mol. The molecular formula is C42H61N5O7. The van der Waals surface area contributed by atoms with Crippen LogP contribution in [0.15, 0.2) is 58.8 Å². The van der Waals surface area contributed by atoms with Crippen LogP contribution in [0.25, 0.3) is 0 Å². The molecule has 0 unspecified atom stereocenters. The first-order chi connectivity index (χ1) is 25.5. The van der Waals surface area contributed by atoms with E-state index in [-0.39, 0.29) is 47.5 Å². The van der Waals surface area contributed by atoms with E-state index in [4.69, 9.17) is 4.74 Å². The maximum absolute atomic E-state index is 14.3. The molecule has 0 bridgehead atoms. The number of amides is 4. The quantitative estimate of drug-likeness (QED) is 0.0977. The van der Waals surface area contributed by atoms with Gasteiger partial charge in [0.25, 0.3) is 0 Å². The van der Waals surface area contributed by atoms with Gasteiger partial charge in [-0.3, -0.25) is 29.0 Å². The number of alkyl carbamates (subject to hydrolysis) is 1. The summed E-state index contributed by atoms with van der Waals surface area (Å²) >= 11 is 0. The van der Waals surface area contributed by atoms with E-state index >= 15 is 0 Å². The first-order valence-electron chi connectivity index (χ1n) is 19.4.